The van der Waals surface area contributed by atoms with Crippen molar-refractivity contribution in [2.24, 2.45) is 5.92 Å². The molecular weight excluding hydrogens is 276 g/mol. The third-order valence-corrected chi connectivity index (χ3v) is 5.12. The van der Waals surface area contributed by atoms with Crippen molar-refractivity contribution in [3.05, 3.63) is 35.4 Å². The molecule has 0 spiro atoms. The zero-order valence-electron chi connectivity index (χ0n) is 13.4. The summed E-state index contributed by atoms with van der Waals surface area (Å²) in [5, 5.41) is 0. The highest BCUT2D eigenvalue weighted by Crippen LogP contribution is 2.30. The molecule has 3 rings (SSSR count). The van der Waals surface area contributed by atoms with Gasteiger partial charge in [-0.1, -0.05) is 30.7 Å². The first-order valence-corrected chi connectivity index (χ1v) is 8.20. The van der Waals surface area contributed by atoms with Crippen LogP contribution >= 0.6 is 0 Å². The zero-order chi connectivity index (χ0) is 15.7. The van der Waals surface area contributed by atoms with Crippen LogP contribution < -0.4 is 0 Å². The smallest absolute Gasteiger partial charge is 0.242 e. The van der Waals surface area contributed by atoms with Gasteiger partial charge in [-0.3, -0.25) is 9.59 Å². The Labute approximate surface area is 132 Å². The Morgan fingerprint density at radius 3 is 2.68 bits per heavy atom. The predicted octanol–water partition coefficient (Wildman–Crippen LogP) is 2.39. The maximum absolute atomic E-state index is 12.6. The molecule has 0 N–H and O–H groups in total. The first kappa shape index (κ1) is 15.1. The lowest BCUT2D eigenvalue weighted by atomic mass is 9.84. The van der Waals surface area contributed by atoms with E-state index < -0.39 is 0 Å². The van der Waals surface area contributed by atoms with E-state index in [0.717, 1.165) is 32.2 Å². The number of benzene rings is 1. The lowest BCUT2D eigenvalue weighted by Gasteiger charge is -2.37. The highest BCUT2D eigenvalue weighted by molar-refractivity contribution is 5.86. The van der Waals surface area contributed by atoms with E-state index in [1.165, 1.54) is 11.1 Å². The van der Waals surface area contributed by atoms with Crippen LogP contribution in [0.2, 0.25) is 0 Å². The van der Waals surface area contributed by atoms with Crippen LogP contribution in [-0.2, 0) is 16.0 Å². The molecule has 1 heterocycles. The number of hydrogen-bond donors (Lipinski definition) is 0. The van der Waals surface area contributed by atoms with Crippen molar-refractivity contribution in [1.29, 1.82) is 0 Å². The van der Waals surface area contributed by atoms with Crippen LogP contribution in [0, 0.1) is 5.92 Å². The normalized spacial score (nSPS) is 21.0. The maximum atomic E-state index is 12.6. The van der Waals surface area contributed by atoms with Crippen molar-refractivity contribution in [3.63, 3.8) is 0 Å². The Kier molecular flexibility index (Phi) is 4.19. The summed E-state index contributed by atoms with van der Waals surface area (Å²) >= 11 is 0. The highest BCUT2D eigenvalue weighted by atomic mass is 16.2. The van der Waals surface area contributed by atoms with Gasteiger partial charge in [-0.05, 0) is 37.3 Å². The monoisotopic (exact) mass is 300 g/mol. The molecule has 1 fully saturated rings. The number of carbonyl (C=O) groups is 2. The van der Waals surface area contributed by atoms with E-state index in [9.17, 15) is 9.59 Å². The molecule has 1 aromatic carbocycles. The average molecular weight is 300 g/mol. The fourth-order valence-electron chi connectivity index (χ4n) is 3.45. The molecule has 22 heavy (non-hydrogen) atoms. The Balaban J connectivity index is 1.64. The van der Waals surface area contributed by atoms with Crippen LogP contribution in [0.3, 0.4) is 0 Å². The van der Waals surface area contributed by atoms with E-state index in [0.29, 0.717) is 0 Å². The SMILES string of the molecule is CC1c2ccccc2CCN1C(=O)CN(C)C(=O)C1CCC1. The minimum absolute atomic E-state index is 0.0529. The standard InChI is InChI=1S/C18H24N2O2/c1-13-16-9-4-3-6-14(16)10-11-20(13)17(21)12-19(2)18(22)15-7-5-8-15/h3-4,6,9,13,15H,5,7-8,10-12H2,1-2H3. The lowest BCUT2D eigenvalue weighted by molar-refractivity contribution is -0.144. The van der Waals surface area contributed by atoms with Crippen molar-refractivity contribution in [2.45, 2.75) is 38.6 Å². The lowest BCUT2D eigenvalue weighted by Crippen LogP contribution is -2.46. The fraction of sp³-hybridized carbons (Fsp3) is 0.556. The predicted molar refractivity (Wildman–Crippen MR) is 85.3 cm³/mol. The Morgan fingerprint density at radius 2 is 2.00 bits per heavy atom. The van der Waals surface area contributed by atoms with E-state index in [4.69, 9.17) is 0 Å². The largest absolute Gasteiger partial charge is 0.336 e. The average Bonchev–Trinajstić information content (AvgIpc) is 2.45. The molecule has 1 saturated carbocycles. The molecule has 0 radical (unpaired) electrons. The summed E-state index contributed by atoms with van der Waals surface area (Å²) in [7, 11) is 1.75. The number of hydrogen-bond acceptors (Lipinski definition) is 2. The summed E-state index contributed by atoms with van der Waals surface area (Å²) < 4.78 is 0. The fourth-order valence-corrected chi connectivity index (χ4v) is 3.45. The molecule has 1 aliphatic heterocycles. The second-order valence-electron chi connectivity index (χ2n) is 6.53. The number of likely N-dealkylation sites (N-methyl/N-ethyl adjacent to an activating group) is 1. The van der Waals surface area contributed by atoms with E-state index in [2.05, 4.69) is 19.1 Å². The van der Waals surface area contributed by atoms with Crippen LogP contribution in [0.15, 0.2) is 24.3 Å². The summed E-state index contributed by atoms with van der Waals surface area (Å²) in [5.74, 6) is 0.333. The number of fused-ring (bicyclic) bond motifs is 1. The third kappa shape index (κ3) is 2.74. The Bertz CT molecular complexity index is 580. The molecule has 1 atom stereocenters. The molecule has 2 amide bonds. The summed E-state index contributed by atoms with van der Waals surface area (Å²) in [5.41, 5.74) is 2.56. The minimum Gasteiger partial charge on any atom is -0.336 e. The topological polar surface area (TPSA) is 40.6 Å². The zero-order valence-corrected chi connectivity index (χ0v) is 13.4. The van der Waals surface area contributed by atoms with Gasteiger partial charge >= 0.3 is 0 Å². The molecule has 4 nitrogen and oxygen atoms in total. The van der Waals surface area contributed by atoms with Crippen LogP contribution in [0.5, 0.6) is 0 Å². The summed E-state index contributed by atoms with van der Waals surface area (Å²) in [6, 6.07) is 8.40. The van der Waals surface area contributed by atoms with Gasteiger partial charge in [0.2, 0.25) is 11.8 Å². The molecule has 118 valence electrons. The molecule has 0 bridgehead atoms. The van der Waals surface area contributed by atoms with Crippen molar-refractivity contribution < 1.29 is 9.59 Å². The molecule has 1 aliphatic carbocycles. The molecule has 0 aromatic heterocycles. The van der Waals surface area contributed by atoms with Crippen molar-refractivity contribution in [3.8, 4) is 0 Å². The van der Waals surface area contributed by atoms with Gasteiger partial charge in [0.05, 0.1) is 12.6 Å². The number of rotatable bonds is 3. The molecular formula is C18H24N2O2. The van der Waals surface area contributed by atoms with Crippen LogP contribution in [0.4, 0.5) is 0 Å². The molecule has 0 saturated heterocycles. The van der Waals surface area contributed by atoms with Gasteiger partial charge in [0.1, 0.15) is 0 Å². The van der Waals surface area contributed by atoms with E-state index in [1.807, 2.05) is 17.0 Å². The van der Waals surface area contributed by atoms with Gasteiger partial charge in [0.25, 0.3) is 0 Å². The minimum atomic E-state index is 0.0529. The van der Waals surface area contributed by atoms with Gasteiger partial charge in [0, 0.05) is 19.5 Å². The van der Waals surface area contributed by atoms with Gasteiger partial charge < -0.3 is 9.80 Å². The molecule has 1 unspecified atom stereocenters. The quantitative estimate of drug-likeness (QED) is 0.860. The maximum Gasteiger partial charge on any atom is 0.242 e. The number of nitrogens with zero attached hydrogens (tertiary/aromatic N) is 2. The first-order valence-electron chi connectivity index (χ1n) is 8.20. The van der Waals surface area contributed by atoms with E-state index in [-0.39, 0.29) is 30.3 Å². The first-order chi connectivity index (χ1) is 10.6. The molecule has 2 aliphatic rings. The number of carbonyl (C=O) groups excluding carboxylic acids is 2. The van der Waals surface area contributed by atoms with Crippen LogP contribution in [0.25, 0.3) is 0 Å². The summed E-state index contributed by atoms with van der Waals surface area (Å²) in [6.45, 7) is 3.01. The molecule has 4 heteroatoms. The summed E-state index contributed by atoms with van der Waals surface area (Å²) in [4.78, 5) is 28.3. The summed E-state index contributed by atoms with van der Waals surface area (Å²) in [6.07, 6.45) is 3.99. The second-order valence-corrected chi connectivity index (χ2v) is 6.53. The van der Waals surface area contributed by atoms with Gasteiger partial charge in [0.15, 0.2) is 0 Å². The van der Waals surface area contributed by atoms with E-state index in [1.54, 1.807) is 11.9 Å². The number of amides is 2. The highest BCUT2D eigenvalue weighted by Gasteiger charge is 2.31. The van der Waals surface area contributed by atoms with E-state index >= 15 is 0 Å². The van der Waals surface area contributed by atoms with Crippen molar-refractivity contribution in [1.82, 2.24) is 9.80 Å². The Morgan fingerprint density at radius 1 is 1.27 bits per heavy atom. The molecule has 1 aromatic rings. The van der Waals surface area contributed by atoms with Gasteiger partial charge in [-0.25, -0.2) is 0 Å². The van der Waals surface area contributed by atoms with Gasteiger partial charge in [-0.2, -0.15) is 0 Å². The van der Waals surface area contributed by atoms with Crippen molar-refractivity contribution >= 4 is 11.8 Å². The second kappa shape index (κ2) is 6.11. The van der Waals surface area contributed by atoms with Gasteiger partial charge in [-0.15, -0.1) is 0 Å². The Hall–Kier alpha value is -1.84. The van der Waals surface area contributed by atoms with Crippen LogP contribution in [-0.4, -0.2) is 41.8 Å². The van der Waals surface area contributed by atoms with Crippen molar-refractivity contribution in [2.75, 3.05) is 20.1 Å². The third-order valence-electron chi connectivity index (χ3n) is 5.12. The van der Waals surface area contributed by atoms with Crippen LogP contribution in [0.1, 0.15) is 43.4 Å².